The van der Waals surface area contributed by atoms with E-state index in [1.54, 1.807) is 13.0 Å². The predicted octanol–water partition coefficient (Wildman–Crippen LogP) is 7.93. The monoisotopic (exact) mass is 552 g/mol. The van der Waals surface area contributed by atoms with E-state index in [4.69, 9.17) is 4.74 Å². The SMILES string of the molecule is C=C(C)C(=O)OCCCC1CCC(c2ccc(-c3ccc(CCCC(CC)(CO)CO)cc3CC)c(F)c2)CC1. The fourth-order valence-corrected chi connectivity index (χ4v) is 6.08. The van der Waals surface area contributed by atoms with Crippen molar-refractivity contribution in [2.24, 2.45) is 11.3 Å². The van der Waals surface area contributed by atoms with Gasteiger partial charge < -0.3 is 14.9 Å². The van der Waals surface area contributed by atoms with E-state index in [2.05, 4.69) is 37.8 Å². The average molecular weight is 553 g/mol. The van der Waals surface area contributed by atoms with Crippen molar-refractivity contribution >= 4 is 5.97 Å². The number of aliphatic hydroxyl groups excluding tert-OH is 2. The highest BCUT2D eigenvalue weighted by Crippen LogP contribution is 2.39. The minimum atomic E-state index is -0.404. The molecule has 0 atom stereocenters. The van der Waals surface area contributed by atoms with Gasteiger partial charge >= 0.3 is 5.97 Å². The Morgan fingerprint density at radius 1 is 1.02 bits per heavy atom. The molecule has 3 rings (SSSR count). The summed E-state index contributed by atoms with van der Waals surface area (Å²) in [7, 11) is 0. The third kappa shape index (κ3) is 8.50. The van der Waals surface area contributed by atoms with Gasteiger partial charge in [-0.3, -0.25) is 0 Å². The highest BCUT2D eigenvalue weighted by atomic mass is 19.1. The zero-order chi connectivity index (χ0) is 29.1. The number of esters is 1. The third-order valence-electron chi connectivity index (χ3n) is 9.08. The van der Waals surface area contributed by atoms with Crippen LogP contribution in [0.1, 0.15) is 101 Å². The van der Waals surface area contributed by atoms with Crippen LogP contribution in [0, 0.1) is 17.2 Å². The molecule has 0 saturated heterocycles. The summed E-state index contributed by atoms with van der Waals surface area (Å²) in [5, 5.41) is 19.4. The molecule has 1 fully saturated rings. The van der Waals surface area contributed by atoms with Gasteiger partial charge in [-0.05, 0) is 118 Å². The van der Waals surface area contributed by atoms with Gasteiger partial charge in [-0.15, -0.1) is 0 Å². The van der Waals surface area contributed by atoms with Crippen molar-refractivity contribution in [2.45, 2.75) is 97.3 Å². The lowest BCUT2D eigenvalue weighted by atomic mass is 9.77. The first-order chi connectivity index (χ1) is 19.3. The number of rotatable bonds is 15. The molecule has 2 aromatic carbocycles. The number of aliphatic hydroxyl groups is 2. The third-order valence-corrected chi connectivity index (χ3v) is 9.08. The molecule has 1 aliphatic rings. The minimum Gasteiger partial charge on any atom is -0.462 e. The van der Waals surface area contributed by atoms with Crippen molar-refractivity contribution in [3.63, 3.8) is 0 Å². The molecule has 0 spiro atoms. The minimum absolute atomic E-state index is 0.00461. The van der Waals surface area contributed by atoms with E-state index in [0.717, 1.165) is 87.3 Å². The van der Waals surface area contributed by atoms with Crippen LogP contribution >= 0.6 is 0 Å². The molecule has 0 aromatic heterocycles. The second kappa shape index (κ2) is 15.5. The molecule has 0 amide bonds. The molecule has 4 nitrogen and oxygen atoms in total. The zero-order valence-corrected chi connectivity index (χ0v) is 24.8. The van der Waals surface area contributed by atoms with Crippen LogP contribution in [0.3, 0.4) is 0 Å². The van der Waals surface area contributed by atoms with Crippen molar-refractivity contribution < 1.29 is 24.1 Å². The van der Waals surface area contributed by atoms with E-state index in [-0.39, 0.29) is 25.0 Å². The number of hydrogen-bond donors (Lipinski definition) is 2. The molecular formula is C35H49FO4. The highest BCUT2D eigenvalue weighted by Gasteiger charge is 2.26. The Morgan fingerprint density at radius 3 is 2.33 bits per heavy atom. The van der Waals surface area contributed by atoms with Gasteiger partial charge in [0.15, 0.2) is 0 Å². The largest absolute Gasteiger partial charge is 0.462 e. The molecule has 0 radical (unpaired) electrons. The Hall–Kier alpha value is -2.50. The number of benzene rings is 2. The van der Waals surface area contributed by atoms with Crippen molar-refractivity contribution in [3.8, 4) is 11.1 Å². The summed E-state index contributed by atoms with van der Waals surface area (Å²) in [6.45, 7) is 9.85. The van der Waals surface area contributed by atoms with Gasteiger partial charge in [-0.2, -0.15) is 0 Å². The summed E-state index contributed by atoms with van der Waals surface area (Å²) >= 11 is 0. The van der Waals surface area contributed by atoms with Crippen molar-refractivity contribution in [1.82, 2.24) is 0 Å². The zero-order valence-electron chi connectivity index (χ0n) is 24.8. The van der Waals surface area contributed by atoms with Crippen molar-refractivity contribution in [3.05, 3.63) is 71.1 Å². The van der Waals surface area contributed by atoms with Gasteiger partial charge in [-0.1, -0.05) is 50.8 Å². The summed E-state index contributed by atoms with van der Waals surface area (Å²) in [5.41, 5.74) is 5.11. The second-order valence-corrected chi connectivity index (χ2v) is 11.9. The van der Waals surface area contributed by atoms with E-state index in [1.807, 2.05) is 13.0 Å². The van der Waals surface area contributed by atoms with Crippen LogP contribution in [-0.4, -0.2) is 36.0 Å². The Bertz CT molecular complexity index is 1100. The van der Waals surface area contributed by atoms with Gasteiger partial charge in [0, 0.05) is 16.6 Å². The van der Waals surface area contributed by atoms with Crippen LogP contribution in [0.15, 0.2) is 48.6 Å². The summed E-state index contributed by atoms with van der Waals surface area (Å²) in [6, 6.07) is 12.2. The quantitative estimate of drug-likeness (QED) is 0.134. The van der Waals surface area contributed by atoms with Gasteiger partial charge in [0.05, 0.1) is 19.8 Å². The first kappa shape index (κ1) is 32.0. The van der Waals surface area contributed by atoms with Crippen molar-refractivity contribution in [2.75, 3.05) is 19.8 Å². The highest BCUT2D eigenvalue weighted by molar-refractivity contribution is 5.86. The first-order valence-electron chi connectivity index (χ1n) is 15.2. The molecule has 1 aliphatic carbocycles. The lowest BCUT2D eigenvalue weighted by Crippen LogP contribution is -2.29. The molecule has 1 saturated carbocycles. The number of halogens is 1. The maximum atomic E-state index is 15.5. The molecule has 0 aliphatic heterocycles. The molecule has 220 valence electrons. The molecule has 2 N–H and O–H groups in total. The molecular weight excluding hydrogens is 503 g/mol. The Balaban J connectivity index is 1.57. The topological polar surface area (TPSA) is 66.8 Å². The van der Waals surface area contributed by atoms with E-state index in [1.165, 1.54) is 5.56 Å². The fourth-order valence-electron chi connectivity index (χ4n) is 6.08. The van der Waals surface area contributed by atoms with E-state index >= 15 is 4.39 Å². The van der Waals surface area contributed by atoms with Crippen LogP contribution in [0.5, 0.6) is 0 Å². The van der Waals surface area contributed by atoms with Crippen LogP contribution in [0.25, 0.3) is 11.1 Å². The fraction of sp³-hybridized carbons (Fsp3) is 0.571. The molecule has 0 unspecified atom stereocenters. The van der Waals surface area contributed by atoms with E-state index in [9.17, 15) is 15.0 Å². The van der Waals surface area contributed by atoms with Gasteiger partial charge in [0.25, 0.3) is 0 Å². The second-order valence-electron chi connectivity index (χ2n) is 11.9. The van der Waals surface area contributed by atoms with E-state index in [0.29, 0.717) is 29.6 Å². The lowest BCUT2D eigenvalue weighted by Gasteiger charge is -2.29. The summed E-state index contributed by atoms with van der Waals surface area (Å²) in [6.07, 6.45) is 10.4. The molecule has 40 heavy (non-hydrogen) atoms. The Labute approximate surface area is 240 Å². The number of carbonyl (C=O) groups is 1. The summed E-state index contributed by atoms with van der Waals surface area (Å²) < 4.78 is 20.7. The van der Waals surface area contributed by atoms with Gasteiger partial charge in [0.1, 0.15) is 5.82 Å². The van der Waals surface area contributed by atoms with Crippen molar-refractivity contribution in [1.29, 1.82) is 0 Å². The molecule has 5 heteroatoms. The van der Waals surface area contributed by atoms with Gasteiger partial charge in [-0.25, -0.2) is 9.18 Å². The normalized spacial score (nSPS) is 17.6. The number of hydrogen-bond acceptors (Lipinski definition) is 4. The Morgan fingerprint density at radius 2 is 1.73 bits per heavy atom. The van der Waals surface area contributed by atoms with Crippen LogP contribution in [0.4, 0.5) is 4.39 Å². The lowest BCUT2D eigenvalue weighted by molar-refractivity contribution is -0.139. The summed E-state index contributed by atoms with van der Waals surface area (Å²) in [5.74, 6) is 0.564. The van der Waals surface area contributed by atoms with E-state index < -0.39 is 5.41 Å². The van der Waals surface area contributed by atoms with Crippen LogP contribution < -0.4 is 0 Å². The standard InChI is InChI=1S/C35H49FO4/c1-5-28-21-27(9-7-19-35(6-2,23-37)24-38)13-17-31(28)32-18-16-30(22-33(32)36)29-14-11-26(12-15-29)10-8-20-40-34(39)25(3)4/h13,16-18,21-22,26,29,37-38H,3,5-12,14-15,19-20,23-24H2,1-2,4H3. The predicted molar refractivity (Wildman–Crippen MR) is 161 cm³/mol. The number of aryl methyl sites for hydroxylation is 2. The van der Waals surface area contributed by atoms with Crippen LogP contribution in [0.2, 0.25) is 0 Å². The first-order valence-corrected chi connectivity index (χ1v) is 15.2. The smallest absolute Gasteiger partial charge is 0.333 e. The molecule has 0 heterocycles. The maximum absolute atomic E-state index is 15.5. The number of carbonyl (C=O) groups excluding carboxylic acids is 1. The molecule has 2 aromatic rings. The Kier molecular flexibility index (Phi) is 12.4. The maximum Gasteiger partial charge on any atom is 0.333 e. The summed E-state index contributed by atoms with van der Waals surface area (Å²) in [4.78, 5) is 11.5. The molecule has 0 bridgehead atoms. The average Bonchev–Trinajstić information content (AvgIpc) is 2.98. The van der Waals surface area contributed by atoms with Crippen LogP contribution in [-0.2, 0) is 22.4 Å². The number of ether oxygens (including phenoxy) is 1. The van der Waals surface area contributed by atoms with Gasteiger partial charge in [0.2, 0.25) is 0 Å².